The summed E-state index contributed by atoms with van der Waals surface area (Å²) in [5, 5.41) is 0. The lowest BCUT2D eigenvalue weighted by Gasteiger charge is -2.55. The zero-order valence-corrected chi connectivity index (χ0v) is 11.6. The van der Waals surface area contributed by atoms with Crippen LogP contribution in [0.25, 0.3) is 0 Å². The smallest absolute Gasteiger partial charge is 0.0207 e. The minimum atomic E-state index is 0.557. The minimum absolute atomic E-state index is 0.557. The van der Waals surface area contributed by atoms with Gasteiger partial charge in [-0.25, -0.2) is 0 Å². The van der Waals surface area contributed by atoms with E-state index in [4.69, 9.17) is 0 Å². The second-order valence-electron chi connectivity index (χ2n) is 7.68. The molecule has 0 aromatic rings. The van der Waals surface area contributed by atoms with Gasteiger partial charge in [0.15, 0.2) is 0 Å². The van der Waals surface area contributed by atoms with Crippen LogP contribution in [0, 0.1) is 22.2 Å². The molecule has 0 aromatic carbocycles. The Morgan fingerprint density at radius 1 is 1.00 bits per heavy atom. The Bertz CT molecular complexity index is 313. The summed E-state index contributed by atoms with van der Waals surface area (Å²) in [5.41, 5.74) is 1.81. The first-order valence-corrected chi connectivity index (χ1v) is 7.03. The van der Waals surface area contributed by atoms with Gasteiger partial charge >= 0.3 is 0 Å². The van der Waals surface area contributed by atoms with Crippen LogP contribution in [0.5, 0.6) is 0 Å². The molecule has 0 aromatic heterocycles. The maximum Gasteiger partial charge on any atom is 0.0207 e. The van der Waals surface area contributed by atoms with Crippen LogP contribution in [-0.4, -0.2) is 25.0 Å². The van der Waals surface area contributed by atoms with Gasteiger partial charge in [0, 0.05) is 6.04 Å². The molecule has 0 unspecified atom stereocenters. The number of hydrogen-bond donors (Lipinski definition) is 0. The topological polar surface area (TPSA) is 3.24 Å². The predicted octanol–water partition coefficient (Wildman–Crippen LogP) is 3.54. The third-order valence-electron chi connectivity index (χ3n) is 6.94. The zero-order chi connectivity index (χ0) is 11.8. The second-order valence-corrected chi connectivity index (χ2v) is 7.68. The van der Waals surface area contributed by atoms with Gasteiger partial charge in [0.25, 0.3) is 0 Å². The van der Waals surface area contributed by atoms with E-state index in [0.29, 0.717) is 16.2 Å². The van der Waals surface area contributed by atoms with Gasteiger partial charge in [0.05, 0.1) is 0 Å². The van der Waals surface area contributed by atoms with Crippen LogP contribution in [0.15, 0.2) is 0 Å². The van der Waals surface area contributed by atoms with E-state index < -0.39 is 0 Å². The van der Waals surface area contributed by atoms with Crippen LogP contribution in [-0.2, 0) is 0 Å². The molecule has 16 heavy (non-hydrogen) atoms. The molecule has 0 radical (unpaired) electrons. The second kappa shape index (κ2) is 2.85. The lowest BCUT2D eigenvalue weighted by Crippen LogP contribution is -2.55. The van der Waals surface area contributed by atoms with Crippen molar-refractivity contribution in [2.75, 3.05) is 14.1 Å². The van der Waals surface area contributed by atoms with Gasteiger partial charge < -0.3 is 4.90 Å². The summed E-state index contributed by atoms with van der Waals surface area (Å²) >= 11 is 0. The fourth-order valence-corrected chi connectivity index (χ4v) is 6.14. The summed E-state index contributed by atoms with van der Waals surface area (Å²) in [6.45, 7) is 7.67. The molecule has 1 nitrogen and oxygen atoms in total. The Morgan fingerprint density at radius 3 is 2.00 bits per heavy atom. The standard InChI is InChI=1S/C15H27N/c1-13(2)11-7-10-14(13,3)12(16(4)5)15(11)8-6-9-15/h11-12H,6-10H2,1-5H3/t11-,12-,14-/m1/s1. The molecule has 2 bridgehead atoms. The van der Waals surface area contributed by atoms with Gasteiger partial charge in [-0.15, -0.1) is 0 Å². The Hall–Kier alpha value is -0.0400. The molecule has 3 fully saturated rings. The van der Waals surface area contributed by atoms with Crippen molar-refractivity contribution in [1.82, 2.24) is 4.90 Å². The van der Waals surface area contributed by atoms with Gasteiger partial charge in [-0.3, -0.25) is 0 Å². The first-order chi connectivity index (χ1) is 7.36. The Kier molecular flexibility index (Phi) is 1.98. The normalized spacial score (nSPS) is 47.6. The van der Waals surface area contributed by atoms with E-state index in [0.717, 1.165) is 12.0 Å². The number of hydrogen-bond acceptors (Lipinski definition) is 1. The lowest BCUT2D eigenvalue weighted by atomic mass is 9.55. The fraction of sp³-hybridized carbons (Fsp3) is 1.00. The maximum atomic E-state index is 2.57. The van der Waals surface area contributed by atoms with Crippen molar-refractivity contribution in [1.29, 1.82) is 0 Å². The molecule has 0 heterocycles. The van der Waals surface area contributed by atoms with Crippen molar-refractivity contribution in [3.8, 4) is 0 Å². The van der Waals surface area contributed by atoms with Crippen LogP contribution in [0.4, 0.5) is 0 Å². The molecule has 3 aliphatic carbocycles. The number of fused-ring (bicyclic) bond motifs is 3. The SMILES string of the molecule is CN(C)[C@H]1C2(CCC2)[C@@H]2CC[C@@]1(C)C2(C)C. The van der Waals surface area contributed by atoms with Crippen molar-refractivity contribution in [3.63, 3.8) is 0 Å². The minimum Gasteiger partial charge on any atom is -0.305 e. The third-order valence-corrected chi connectivity index (χ3v) is 6.94. The number of nitrogens with zero attached hydrogens (tertiary/aromatic N) is 1. The highest BCUT2D eigenvalue weighted by Crippen LogP contribution is 2.77. The van der Waals surface area contributed by atoms with Gasteiger partial charge in [-0.2, -0.15) is 0 Å². The molecule has 0 saturated heterocycles. The van der Waals surface area contributed by atoms with Crippen molar-refractivity contribution in [2.24, 2.45) is 22.2 Å². The summed E-state index contributed by atoms with van der Waals surface area (Å²) in [6, 6.07) is 0.836. The molecule has 3 rings (SSSR count). The van der Waals surface area contributed by atoms with Crippen LogP contribution >= 0.6 is 0 Å². The van der Waals surface area contributed by atoms with E-state index in [1.165, 1.54) is 32.1 Å². The van der Waals surface area contributed by atoms with E-state index in [-0.39, 0.29) is 0 Å². The molecule has 0 amide bonds. The quantitative estimate of drug-likeness (QED) is 0.654. The van der Waals surface area contributed by atoms with Gasteiger partial charge in [-0.1, -0.05) is 27.2 Å². The summed E-state index contributed by atoms with van der Waals surface area (Å²) in [6.07, 6.45) is 7.43. The zero-order valence-electron chi connectivity index (χ0n) is 11.6. The summed E-state index contributed by atoms with van der Waals surface area (Å²) in [7, 11) is 4.62. The molecule has 3 aliphatic rings. The Balaban J connectivity index is 2.10. The van der Waals surface area contributed by atoms with Crippen LogP contribution < -0.4 is 0 Å². The molecule has 1 heteroatoms. The molecule has 0 N–H and O–H groups in total. The summed E-state index contributed by atoms with van der Waals surface area (Å²) in [5.74, 6) is 0.992. The van der Waals surface area contributed by atoms with Gasteiger partial charge in [0.2, 0.25) is 0 Å². The molecule has 3 saturated carbocycles. The third kappa shape index (κ3) is 0.903. The Labute approximate surface area is 101 Å². The summed E-state index contributed by atoms with van der Waals surface area (Å²) < 4.78 is 0. The van der Waals surface area contributed by atoms with Crippen LogP contribution in [0.3, 0.4) is 0 Å². The Morgan fingerprint density at radius 2 is 1.62 bits per heavy atom. The molecule has 0 aliphatic heterocycles. The molecular weight excluding hydrogens is 194 g/mol. The van der Waals surface area contributed by atoms with Crippen molar-refractivity contribution in [3.05, 3.63) is 0 Å². The van der Waals surface area contributed by atoms with E-state index in [1.54, 1.807) is 0 Å². The highest BCUT2D eigenvalue weighted by atomic mass is 15.2. The van der Waals surface area contributed by atoms with E-state index in [1.807, 2.05) is 0 Å². The first kappa shape index (κ1) is 11.1. The first-order valence-electron chi connectivity index (χ1n) is 7.03. The maximum absolute atomic E-state index is 2.57. The lowest BCUT2D eigenvalue weighted by molar-refractivity contribution is -0.0480. The number of rotatable bonds is 1. The summed E-state index contributed by atoms with van der Waals surface area (Å²) in [4.78, 5) is 2.56. The van der Waals surface area contributed by atoms with Crippen molar-refractivity contribution >= 4 is 0 Å². The van der Waals surface area contributed by atoms with Crippen molar-refractivity contribution in [2.45, 2.75) is 58.9 Å². The van der Waals surface area contributed by atoms with Gasteiger partial charge in [-0.05, 0) is 61.9 Å². The molecular formula is C15H27N. The van der Waals surface area contributed by atoms with E-state index >= 15 is 0 Å². The average Bonchev–Trinajstić information content (AvgIpc) is 2.42. The highest BCUT2D eigenvalue weighted by molar-refractivity contribution is 5.24. The highest BCUT2D eigenvalue weighted by Gasteiger charge is 2.73. The molecule has 92 valence electrons. The van der Waals surface area contributed by atoms with Crippen LogP contribution in [0.2, 0.25) is 0 Å². The fourth-order valence-electron chi connectivity index (χ4n) is 6.14. The average molecular weight is 221 g/mol. The van der Waals surface area contributed by atoms with E-state index in [2.05, 4.69) is 39.8 Å². The van der Waals surface area contributed by atoms with Gasteiger partial charge in [0.1, 0.15) is 0 Å². The predicted molar refractivity (Wildman–Crippen MR) is 68.4 cm³/mol. The molecule has 3 atom stereocenters. The van der Waals surface area contributed by atoms with E-state index in [9.17, 15) is 0 Å². The molecule has 1 spiro atoms. The monoisotopic (exact) mass is 221 g/mol. The largest absolute Gasteiger partial charge is 0.305 e. The van der Waals surface area contributed by atoms with Crippen molar-refractivity contribution < 1.29 is 0 Å². The van der Waals surface area contributed by atoms with Crippen LogP contribution in [0.1, 0.15) is 52.9 Å².